The van der Waals surface area contributed by atoms with Crippen molar-refractivity contribution in [1.29, 1.82) is 0 Å². The van der Waals surface area contributed by atoms with Gasteiger partial charge in [0.15, 0.2) is 0 Å². The van der Waals surface area contributed by atoms with Gasteiger partial charge in [-0.3, -0.25) is 4.79 Å². The molecule has 0 unspecified atom stereocenters. The molecular weight excluding hydrogens is 272 g/mol. The monoisotopic (exact) mass is 288 g/mol. The van der Waals surface area contributed by atoms with E-state index in [0.29, 0.717) is 16.3 Å². The predicted octanol–water partition coefficient (Wildman–Crippen LogP) is 3.76. The lowest BCUT2D eigenvalue weighted by atomic mass is 10.1. The van der Waals surface area contributed by atoms with Gasteiger partial charge in [0.2, 0.25) is 0 Å². The SMILES string of the molecule is CCc1ccc(N(C)C(=O)c2cc(N)cc(Cl)c2)cc1. The summed E-state index contributed by atoms with van der Waals surface area (Å²) in [5, 5.41) is 0.461. The average molecular weight is 289 g/mol. The first kappa shape index (κ1) is 14.4. The zero-order chi connectivity index (χ0) is 14.7. The zero-order valence-corrected chi connectivity index (χ0v) is 12.3. The molecule has 0 aliphatic heterocycles. The Balaban J connectivity index is 2.27. The molecule has 2 aromatic carbocycles. The molecule has 0 bridgehead atoms. The highest BCUT2D eigenvalue weighted by atomic mass is 35.5. The van der Waals surface area contributed by atoms with E-state index in [2.05, 4.69) is 6.92 Å². The van der Waals surface area contributed by atoms with Crippen molar-refractivity contribution in [2.75, 3.05) is 17.7 Å². The Labute approximate surface area is 124 Å². The number of rotatable bonds is 3. The quantitative estimate of drug-likeness (QED) is 0.874. The smallest absolute Gasteiger partial charge is 0.258 e. The van der Waals surface area contributed by atoms with Gasteiger partial charge in [0.05, 0.1) is 0 Å². The standard InChI is InChI=1S/C16H17ClN2O/c1-3-11-4-6-15(7-5-11)19(2)16(20)12-8-13(17)10-14(18)9-12/h4-10H,3,18H2,1-2H3. The van der Waals surface area contributed by atoms with Gasteiger partial charge in [-0.1, -0.05) is 30.7 Å². The molecule has 0 radical (unpaired) electrons. The van der Waals surface area contributed by atoms with Crippen LogP contribution in [0.25, 0.3) is 0 Å². The van der Waals surface area contributed by atoms with Gasteiger partial charge < -0.3 is 10.6 Å². The van der Waals surface area contributed by atoms with Crippen molar-refractivity contribution in [3.63, 3.8) is 0 Å². The van der Waals surface area contributed by atoms with Crippen molar-refractivity contribution in [2.24, 2.45) is 0 Å². The van der Waals surface area contributed by atoms with Crippen LogP contribution in [-0.2, 0) is 6.42 Å². The first-order chi connectivity index (χ1) is 9.51. The normalized spacial score (nSPS) is 10.3. The van der Waals surface area contributed by atoms with Crippen LogP contribution in [0.5, 0.6) is 0 Å². The fraction of sp³-hybridized carbons (Fsp3) is 0.188. The zero-order valence-electron chi connectivity index (χ0n) is 11.6. The number of anilines is 2. The molecule has 0 saturated carbocycles. The summed E-state index contributed by atoms with van der Waals surface area (Å²) in [6.45, 7) is 2.10. The van der Waals surface area contributed by atoms with Gasteiger partial charge in [-0.2, -0.15) is 0 Å². The molecular formula is C16H17ClN2O. The second-order valence-corrected chi connectivity index (χ2v) is 5.09. The second kappa shape index (κ2) is 5.97. The van der Waals surface area contributed by atoms with Crippen LogP contribution in [0.15, 0.2) is 42.5 Å². The van der Waals surface area contributed by atoms with E-state index in [0.717, 1.165) is 12.1 Å². The molecule has 0 saturated heterocycles. The van der Waals surface area contributed by atoms with Crippen molar-refractivity contribution in [2.45, 2.75) is 13.3 Å². The highest BCUT2D eigenvalue weighted by Crippen LogP contribution is 2.21. The summed E-state index contributed by atoms with van der Waals surface area (Å²) in [5.41, 5.74) is 8.76. The van der Waals surface area contributed by atoms with Crippen LogP contribution >= 0.6 is 11.6 Å². The minimum atomic E-state index is -0.136. The number of carbonyl (C=O) groups is 1. The van der Waals surface area contributed by atoms with Gasteiger partial charge in [0, 0.05) is 29.0 Å². The van der Waals surface area contributed by atoms with Crippen LogP contribution in [0.1, 0.15) is 22.8 Å². The molecule has 0 fully saturated rings. The first-order valence-electron chi connectivity index (χ1n) is 6.44. The molecule has 2 rings (SSSR count). The summed E-state index contributed by atoms with van der Waals surface area (Å²) in [6.07, 6.45) is 0.975. The molecule has 2 aromatic rings. The van der Waals surface area contributed by atoms with Gasteiger partial charge in [0.1, 0.15) is 0 Å². The van der Waals surface area contributed by atoms with Crippen LogP contribution in [-0.4, -0.2) is 13.0 Å². The van der Waals surface area contributed by atoms with E-state index in [1.807, 2.05) is 24.3 Å². The average Bonchev–Trinajstić information content (AvgIpc) is 2.45. The van der Waals surface area contributed by atoms with Crippen LogP contribution in [0.4, 0.5) is 11.4 Å². The Bertz CT molecular complexity index is 603. The van der Waals surface area contributed by atoms with E-state index in [1.165, 1.54) is 5.56 Å². The Morgan fingerprint density at radius 2 is 1.85 bits per heavy atom. The van der Waals surface area contributed by atoms with E-state index < -0.39 is 0 Å². The number of nitrogen functional groups attached to an aromatic ring is 1. The summed E-state index contributed by atoms with van der Waals surface area (Å²) in [7, 11) is 1.74. The third-order valence-corrected chi connectivity index (χ3v) is 3.42. The summed E-state index contributed by atoms with van der Waals surface area (Å²) in [6, 6.07) is 12.8. The lowest BCUT2D eigenvalue weighted by Crippen LogP contribution is -2.26. The van der Waals surface area contributed by atoms with E-state index in [1.54, 1.807) is 30.1 Å². The van der Waals surface area contributed by atoms with Gasteiger partial charge in [-0.15, -0.1) is 0 Å². The van der Waals surface area contributed by atoms with E-state index in [-0.39, 0.29) is 5.91 Å². The Hall–Kier alpha value is -2.00. The first-order valence-corrected chi connectivity index (χ1v) is 6.82. The topological polar surface area (TPSA) is 46.3 Å². The minimum Gasteiger partial charge on any atom is -0.399 e. The molecule has 0 atom stereocenters. The fourth-order valence-corrected chi connectivity index (χ4v) is 2.25. The highest BCUT2D eigenvalue weighted by molar-refractivity contribution is 6.31. The lowest BCUT2D eigenvalue weighted by Gasteiger charge is -2.18. The molecule has 0 heterocycles. The number of carbonyl (C=O) groups excluding carboxylic acids is 1. The maximum atomic E-state index is 12.4. The van der Waals surface area contributed by atoms with Crippen molar-refractivity contribution >= 4 is 28.9 Å². The Morgan fingerprint density at radius 1 is 1.20 bits per heavy atom. The molecule has 4 heteroatoms. The summed E-state index contributed by atoms with van der Waals surface area (Å²) < 4.78 is 0. The Kier molecular flexibility index (Phi) is 4.30. The number of amides is 1. The van der Waals surface area contributed by atoms with Crippen molar-refractivity contribution in [3.05, 3.63) is 58.6 Å². The second-order valence-electron chi connectivity index (χ2n) is 4.66. The summed E-state index contributed by atoms with van der Waals surface area (Å²) in [5.74, 6) is -0.136. The van der Waals surface area contributed by atoms with Gasteiger partial charge in [-0.25, -0.2) is 0 Å². The van der Waals surface area contributed by atoms with Gasteiger partial charge in [0.25, 0.3) is 5.91 Å². The fourth-order valence-electron chi connectivity index (χ4n) is 2.00. The number of benzene rings is 2. The predicted molar refractivity (Wildman–Crippen MR) is 84.4 cm³/mol. The van der Waals surface area contributed by atoms with E-state index in [4.69, 9.17) is 17.3 Å². The molecule has 0 aliphatic carbocycles. The largest absolute Gasteiger partial charge is 0.399 e. The maximum Gasteiger partial charge on any atom is 0.258 e. The third-order valence-electron chi connectivity index (χ3n) is 3.20. The van der Waals surface area contributed by atoms with Gasteiger partial charge in [-0.05, 0) is 42.3 Å². The van der Waals surface area contributed by atoms with Crippen LogP contribution in [0, 0.1) is 0 Å². The van der Waals surface area contributed by atoms with Gasteiger partial charge >= 0.3 is 0 Å². The maximum absolute atomic E-state index is 12.4. The number of nitrogens with zero attached hydrogens (tertiary/aromatic N) is 1. The number of nitrogens with two attached hydrogens (primary N) is 1. The Morgan fingerprint density at radius 3 is 2.40 bits per heavy atom. The molecule has 0 aromatic heterocycles. The molecule has 0 aliphatic rings. The third kappa shape index (κ3) is 3.11. The number of hydrogen-bond donors (Lipinski definition) is 1. The van der Waals surface area contributed by atoms with Crippen LogP contribution in [0.2, 0.25) is 5.02 Å². The van der Waals surface area contributed by atoms with Crippen LogP contribution in [0.3, 0.4) is 0 Å². The van der Waals surface area contributed by atoms with E-state index in [9.17, 15) is 4.79 Å². The van der Waals surface area contributed by atoms with E-state index >= 15 is 0 Å². The molecule has 1 amide bonds. The summed E-state index contributed by atoms with van der Waals surface area (Å²) >= 11 is 5.93. The highest BCUT2D eigenvalue weighted by Gasteiger charge is 2.14. The number of aryl methyl sites for hydroxylation is 1. The number of hydrogen-bond acceptors (Lipinski definition) is 2. The van der Waals surface area contributed by atoms with Crippen LogP contribution < -0.4 is 10.6 Å². The van der Waals surface area contributed by atoms with Crippen molar-refractivity contribution in [3.8, 4) is 0 Å². The summed E-state index contributed by atoms with van der Waals surface area (Å²) in [4.78, 5) is 14.0. The molecule has 2 N–H and O–H groups in total. The minimum absolute atomic E-state index is 0.136. The molecule has 20 heavy (non-hydrogen) atoms. The van der Waals surface area contributed by atoms with Crippen molar-refractivity contribution in [1.82, 2.24) is 0 Å². The molecule has 104 valence electrons. The van der Waals surface area contributed by atoms with Crippen molar-refractivity contribution < 1.29 is 4.79 Å². The lowest BCUT2D eigenvalue weighted by molar-refractivity contribution is 0.0993. The number of halogens is 1. The molecule has 0 spiro atoms. The molecule has 3 nitrogen and oxygen atoms in total.